The molecule has 0 amide bonds. The molecule has 8 nitrogen and oxygen atoms in total. The van der Waals surface area contributed by atoms with Crippen LogP contribution in [0, 0.1) is 25.7 Å². The van der Waals surface area contributed by atoms with Crippen molar-refractivity contribution in [1.82, 2.24) is 40.3 Å². The molecule has 4 aromatic heterocycles. The summed E-state index contributed by atoms with van der Waals surface area (Å²) in [7, 11) is 0. The summed E-state index contributed by atoms with van der Waals surface area (Å²) in [6.07, 6.45) is 11.4. The summed E-state index contributed by atoms with van der Waals surface area (Å²) >= 11 is 0. The number of hydrogen-bond acceptors (Lipinski definition) is 6. The van der Waals surface area contributed by atoms with Gasteiger partial charge in [-0.2, -0.15) is 0 Å². The van der Waals surface area contributed by atoms with Gasteiger partial charge < -0.3 is 20.4 Å². The van der Waals surface area contributed by atoms with E-state index in [1.54, 1.807) is 0 Å². The molecule has 0 radical (unpaired) electrons. The zero-order chi connectivity index (χ0) is 26.2. The van der Waals surface area contributed by atoms with E-state index in [1.165, 1.54) is 11.1 Å². The van der Waals surface area contributed by atoms with Crippen LogP contribution in [0.5, 0.6) is 0 Å². The van der Waals surface area contributed by atoms with Crippen LogP contribution in [0.2, 0.25) is 0 Å². The Morgan fingerprint density at radius 3 is 1.19 bits per heavy atom. The molecule has 0 fully saturated rings. The molecule has 0 aliphatic rings. The number of hydrogen-bond donors (Lipinski definition) is 0. The SMILES string of the molecule is CCc1n[n-]c(-c2ncc(CC(C)C)cn2)c1C.CCc1n[n-]c(-c2ncc(CC(C)C)cn2)c1C.[Pt+2]. The minimum absolute atomic E-state index is 0. The van der Waals surface area contributed by atoms with Gasteiger partial charge in [0.15, 0.2) is 0 Å². The molecule has 0 aliphatic heterocycles. The fraction of sp³-hybridized carbons (Fsp3) is 0.500. The fourth-order valence-corrected chi connectivity index (χ4v) is 4.00. The Hall–Kier alpha value is -2.73. The van der Waals surface area contributed by atoms with Crippen LogP contribution in [0.25, 0.3) is 23.0 Å². The molecule has 0 saturated heterocycles. The molecule has 0 bridgehead atoms. The normalized spacial score (nSPS) is 10.9. The van der Waals surface area contributed by atoms with Crippen LogP contribution in [0.3, 0.4) is 0 Å². The van der Waals surface area contributed by atoms with E-state index in [0.717, 1.165) is 59.6 Å². The van der Waals surface area contributed by atoms with Gasteiger partial charge in [-0.05, 0) is 73.6 Å². The van der Waals surface area contributed by atoms with Crippen molar-refractivity contribution in [2.45, 2.75) is 81.1 Å². The molecule has 4 aromatic rings. The Morgan fingerprint density at radius 2 is 0.946 bits per heavy atom. The standard InChI is InChI=1S/2C14H19N4.Pt/c2*1-5-12-10(4)13(18-17-12)14-15-7-11(8-16-14)6-9(2)3;/h2*7-9H,5-6H2,1-4H3;/q2*-1;+2. The molecular formula is C28H38N8Pt. The van der Waals surface area contributed by atoms with E-state index in [9.17, 15) is 0 Å². The molecule has 4 rings (SSSR count). The molecule has 4 heterocycles. The second-order valence-corrected chi connectivity index (χ2v) is 9.97. The van der Waals surface area contributed by atoms with Gasteiger partial charge in [0.2, 0.25) is 0 Å². The Kier molecular flexibility index (Phi) is 11.8. The van der Waals surface area contributed by atoms with Gasteiger partial charge in [0.25, 0.3) is 0 Å². The van der Waals surface area contributed by atoms with Crippen molar-refractivity contribution in [3.05, 3.63) is 58.4 Å². The maximum atomic E-state index is 4.40. The zero-order valence-electron chi connectivity index (χ0n) is 23.2. The average molecular weight is 682 g/mol. The van der Waals surface area contributed by atoms with Crippen LogP contribution < -0.4 is 10.2 Å². The second-order valence-electron chi connectivity index (χ2n) is 9.97. The van der Waals surface area contributed by atoms with Gasteiger partial charge in [-0.15, -0.1) is 0 Å². The van der Waals surface area contributed by atoms with Crippen molar-refractivity contribution in [3.63, 3.8) is 0 Å². The quantitative estimate of drug-likeness (QED) is 0.252. The first-order valence-corrected chi connectivity index (χ1v) is 12.8. The first kappa shape index (κ1) is 30.5. The third-order valence-electron chi connectivity index (χ3n) is 5.91. The summed E-state index contributed by atoms with van der Waals surface area (Å²) in [5.41, 5.74) is 8.19. The van der Waals surface area contributed by atoms with Crippen molar-refractivity contribution < 1.29 is 21.1 Å². The van der Waals surface area contributed by atoms with Gasteiger partial charge in [-0.1, -0.05) is 52.9 Å². The smallest absolute Gasteiger partial charge is 0.572 e. The van der Waals surface area contributed by atoms with Crippen LogP contribution in [0.15, 0.2) is 24.8 Å². The maximum Gasteiger partial charge on any atom is 2.00 e. The van der Waals surface area contributed by atoms with Crippen LogP contribution in [0.4, 0.5) is 0 Å². The summed E-state index contributed by atoms with van der Waals surface area (Å²) in [6.45, 7) is 17.0. The molecule has 0 aromatic carbocycles. The van der Waals surface area contributed by atoms with E-state index in [2.05, 4.69) is 81.9 Å². The molecular weight excluding hydrogens is 643 g/mol. The minimum Gasteiger partial charge on any atom is -0.572 e. The fourth-order valence-electron chi connectivity index (χ4n) is 4.00. The van der Waals surface area contributed by atoms with E-state index < -0.39 is 0 Å². The third-order valence-corrected chi connectivity index (χ3v) is 5.91. The monoisotopic (exact) mass is 681 g/mol. The zero-order valence-corrected chi connectivity index (χ0v) is 25.5. The van der Waals surface area contributed by atoms with Crippen LogP contribution >= 0.6 is 0 Å². The van der Waals surface area contributed by atoms with Gasteiger partial charge in [0.05, 0.1) is 0 Å². The first-order chi connectivity index (χ1) is 17.2. The van der Waals surface area contributed by atoms with Crippen molar-refractivity contribution >= 4 is 0 Å². The van der Waals surface area contributed by atoms with Gasteiger partial charge in [-0.3, -0.25) is 0 Å². The van der Waals surface area contributed by atoms with E-state index in [4.69, 9.17) is 0 Å². The van der Waals surface area contributed by atoms with E-state index in [-0.39, 0.29) is 21.1 Å². The first-order valence-electron chi connectivity index (χ1n) is 12.8. The predicted molar refractivity (Wildman–Crippen MR) is 142 cm³/mol. The van der Waals surface area contributed by atoms with Gasteiger partial charge in [0, 0.05) is 36.2 Å². The van der Waals surface area contributed by atoms with Crippen LogP contribution in [0.1, 0.15) is 75.2 Å². The van der Waals surface area contributed by atoms with Gasteiger partial charge in [0.1, 0.15) is 11.6 Å². The molecule has 0 spiro atoms. The van der Waals surface area contributed by atoms with Crippen molar-refractivity contribution in [2.75, 3.05) is 0 Å². The third kappa shape index (κ3) is 8.13. The van der Waals surface area contributed by atoms with Gasteiger partial charge >= 0.3 is 21.1 Å². The Morgan fingerprint density at radius 1 is 0.622 bits per heavy atom. The number of nitrogens with zero attached hydrogens (tertiary/aromatic N) is 8. The predicted octanol–water partition coefficient (Wildman–Crippen LogP) is 5.13. The van der Waals surface area contributed by atoms with E-state index in [1.807, 2.05) is 38.6 Å². The Balaban J connectivity index is 0.000000253. The van der Waals surface area contributed by atoms with Crippen molar-refractivity contribution in [2.24, 2.45) is 11.8 Å². The summed E-state index contributed by atoms with van der Waals surface area (Å²) in [5.74, 6) is 2.58. The Bertz CT molecular complexity index is 1130. The number of rotatable bonds is 8. The topological polar surface area (TPSA) is 106 Å². The number of aryl methyl sites for hydroxylation is 2. The number of aromatic nitrogens is 8. The molecule has 37 heavy (non-hydrogen) atoms. The molecule has 9 heteroatoms. The Labute approximate surface area is 235 Å². The van der Waals surface area contributed by atoms with Crippen molar-refractivity contribution in [1.29, 1.82) is 0 Å². The summed E-state index contributed by atoms with van der Waals surface area (Å²) in [4.78, 5) is 17.6. The molecule has 0 aliphatic carbocycles. The van der Waals surface area contributed by atoms with Crippen molar-refractivity contribution in [3.8, 4) is 23.0 Å². The largest absolute Gasteiger partial charge is 2.00 e. The molecule has 0 atom stereocenters. The summed E-state index contributed by atoms with van der Waals surface area (Å²) in [5, 5.41) is 16.6. The van der Waals surface area contributed by atoms with E-state index in [0.29, 0.717) is 23.5 Å². The summed E-state index contributed by atoms with van der Waals surface area (Å²) in [6, 6.07) is 0. The molecule has 0 saturated carbocycles. The van der Waals surface area contributed by atoms with Gasteiger partial charge in [-0.25, -0.2) is 19.9 Å². The van der Waals surface area contributed by atoms with Crippen LogP contribution in [-0.2, 0) is 46.7 Å². The maximum absolute atomic E-state index is 4.40. The minimum atomic E-state index is 0. The summed E-state index contributed by atoms with van der Waals surface area (Å²) < 4.78 is 0. The second kappa shape index (κ2) is 14.3. The van der Waals surface area contributed by atoms with Crippen LogP contribution in [-0.4, -0.2) is 30.1 Å². The average Bonchev–Trinajstić information content (AvgIpc) is 3.41. The molecule has 200 valence electrons. The van der Waals surface area contributed by atoms with E-state index >= 15 is 0 Å². The molecule has 0 unspecified atom stereocenters. The molecule has 0 N–H and O–H groups in total.